The van der Waals surface area contributed by atoms with Gasteiger partial charge in [0.1, 0.15) is 0 Å². The molecule has 0 aliphatic heterocycles. The van der Waals surface area contributed by atoms with Crippen molar-refractivity contribution in [3.8, 4) is 0 Å². The standard InChI is InChI=1S/C16H20ClN5O2/c1-21(2)11-15(23)20-14-5-3-12(4-6-14)16(24)18-7-8-22-10-13(17)9-19-22/h3-6,9-10H,7-8,11H2,1-2H3,(H,18,24)(H,20,23). The highest BCUT2D eigenvalue weighted by molar-refractivity contribution is 6.30. The van der Waals surface area contributed by atoms with Crippen LogP contribution < -0.4 is 10.6 Å². The maximum absolute atomic E-state index is 12.1. The van der Waals surface area contributed by atoms with Gasteiger partial charge in [0.15, 0.2) is 0 Å². The van der Waals surface area contributed by atoms with Crippen LogP contribution in [0.15, 0.2) is 36.7 Å². The Bertz CT molecular complexity index is 697. The van der Waals surface area contributed by atoms with Crippen LogP contribution in [-0.2, 0) is 11.3 Å². The number of nitrogens with one attached hydrogen (secondary N) is 2. The molecule has 0 atom stereocenters. The summed E-state index contributed by atoms with van der Waals surface area (Å²) in [6.45, 7) is 1.29. The number of rotatable bonds is 7. The van der Waals surface area contributed by atoms with Gasteiger partial charge in [-0.15, -0.1) is 0 Å². The smallest absolute Gasteiger partial charge is 0.251 e. The van der Waals surface area contributed by atoms with Crippen LogP contribution in [0, 0.1) is 0 Å². The zero-order valence-electron chi connectivity index (χ0n) is 13.6. The fourth-order valence-electron chi connectivity index (χ4n) is 2.04. The maximum Gasteiger partial charge on any atom is 0.251 e. The number of nitrogens with zero attached hydrogens (tertiary/aromatic N) is 3. The Kier molecular flexibility index (Phi) is 6.34. The van der Waals surface area contributed by atoms with E-state index in [2.05, 4.69) is 15.7 Å². The summed E-state index contributed by atoms with van der Waals surface area (Å²) in [5.41, 5.74) is 1.18. The van der Waals surface area contributed by atoms with Crippen molar-refractivity contribution in [3.63, 3.8) is 0 Å². The van der Waals surface area contributed by atoms with E-state index in [1.807, 2.05) is 14.1 Å². The first-order chi connectivity index (χ1) is 11.4. The third-order valence-electron chi connectivity index (χ3n) is 3.12. The van der Waals surface area contributed by atoms with Crippen molar-refractivity contribution in [1.29, 1.82) is 0 Å². The molecular formula is C16H20ClN5O2. The molecule has 128 valence electrons. The molecule has 0 aliphatic rings. The summed E-state index contributed by atoms with van der Waals surface area (Å²) in [5.74, 6) is -0.283. The van der Waals surface area contributed by atoms with Crippen LogP contribution in [0.4, 0.5) is 5.69 Å². The number of carbonyl (C=O) groups is 2. The normalized spacial score (nSPS) is 10.7. The average Bonchev–Trinajstić information content (AvgIpc) is 2.92. The molecule has 0 spiro atoms. The Morgan fingerprint density at radius 2 is 1.96 bits per heavy atom. The van der Waals surface area contributed by atoms with E-state index < -0.39 is 0 Å². The van der Waals surface area contributed by atoms with Gasteiger partial charge in [-0.3, -0.25) is 14.3 Å². The third kappa shape index (κ3) is 5.68. The molecule has 0 aliphatic carbocycles. The van der Waals surface area contributed by atoms with Crippen molar-refractivity contribution in [2.75, 3.05) is 32.5 Å². The van der Waals surface area contributed by atoms with E-state index in [0.717, 1.165) is 0 Å². The van der Waals surface area contributed by atoms with Crippen LogP contribution in [0.2, 0.25) is 5.02 Å². The van der Waals surface area contributed by atoms with Crippen molar-refractivity contribution < 1.29 is 9.59 Å². The first kappa shape index (κ1) is 18.0. The highest BCUT2D eigenvalue weighted by Gasteiger charge is 2.07. The molecule has 0 bridgehead atoms. The Morgan fingerprint density at radius 1 is 1.25 bits per heavy atom. The lowest BCUT2D eigenvalue weighted by Crippen LogP contribution is -2.28. The second-order valence-corrected chi connectivity index (χ2v) is 5.98. The molecule has 0 saturated carbocycles. The van der Waals surface area contributed by atoms with Crippen LogP contribution in [0.1, 0.15) is 10.4 Å². The van der Waals surface area contributed by atoms with Crippen molar-refractivity contribution >= 4 is 29.1 Å². The number of likely N-dealkylation sites (N-methyl/N-ethyl adjacent to an activating group) is 1. The highest BCUT2D eigenvalue weighted by Crippen LogP contribution is 2.09. The number of aromatic nitrogens is 2. The molecule has 2 rings (SSSR count). The lowest BCUT2D eigenvalue weighted by Gasteiger charge is -2.10. The van der Waals surface area contributed by atoms with Gasteiger partial charge >= 0.3 is 0 Å². The van der Waals surface area contributed by atoms with E-state index in [4.69, 9.17) is 11.6 Å². The van der Waals surface area contributed by atoms with Gasteiger partial charge in [0.2, 0.25) is 5.91 Å². The molecule has 2 aromatic rings. The van der Waals surface area contributed by atoms with E-state index in [1.54, 1.807) is 46.2 Å². The number of amides is 2. The van der Waals surface area contributed by atoms with Crippen molar-refractivity contribution in [3.05, 3.63) is 47.2 Å². The minimum absolute atomic E-state index is 0.102. The van der Waals surface area contributed by atoms with E-state index in [0.29, 0.717) is 35.9 Å². The first-order valence-electron chi connectivity index (χ1n) is 7.45. The summed E-state index contributed by atoms with van der Waals surface area (Å²) < 4.78 is 1.66. The fraction of sp³-hybridized carbons (Fsp3) is 0.312. The monoisotopic (exact) mass is 349 g/mol. The van der Waals surface area contributed by atoms with E-state index in [9.17, 15) is 9.59 Å². The predicted octanol–water partition coefficient (Wildman–Crippen LogP) is 1.47. The van der Waals surface area contributed by atoms with Crippen molar-refractivity contribution in [2.24, 2.45) is 0 Å². The number of halogens is 1. The molecule has 1 aromatic heterocycles. The lowest BCUT2D eigenvalue weighted by atomic mass is 10.2. The summed E-state index contributed by atoms with van der Waals surface area (Å²) in [4.78, 5) is 25.5. The maximum atomic E-state index is 12.1. The molecule has 7 nitrogen and oxygen atoms in total. The fourth-order valence-corrected chi connectivity index (χ4v) is 2.20. The van der Waals surface area contributed by atoms with Crippen LogP contribution in [-0.4, -0.2) is 53.7 Å². The zero-order chi connectivity index (χ0) is 17.5. The van der Waals surface area contributed by atoms with E-state index in [1.165, 1.54) is 0 Å². The average molecular weight is 350 g/mol. The van der Waals surface area contributed by atoms with Crippen molar-refractivity contribution in [2.45, 2.75) is 6.54 Å². The molecule has 0 fully saturated rings. The Hall–Kier alpha value is -2.38. The summed E-state index contributed by atoms with van der Waals surface area (Å²) in [7, 11) is 3.65. The van der Waals surface area contributed by atoms with Gasteiger partial charge in [-0.1, -0.05) is 11.6 Å². The minimum atomic E-state index is -0.181. The third-order valence-corrected chi connectivity index (χ3v) is 3.31. The molecule has 1 aromatic carbocycles. The molecule has 0 unspecified atom stereocenters. The second kappa shape index (κ2) is 8.47. The molecule has 1 heterocycles. The van der Waals surface area contributed by atoms with E-state index >= 15 is 0 Å². The Balaban J connectivity index is 1.81. The molecule has 2 amide bonds. The van der Waals surface area contributed by atoms with Gasteiger partial charge in [-0.2, -0.15) is 5.10 Å². The predicted molar refractivity (Wildman–Crippen MR) is 93.2 cm³/mol. The molecule has 8 heteroatoms. The topological polar surface area (TPSA) is 79.3 Å². The largest absolute Gasteiger partial charge is 0.350 e. The van der Waals surface area contributed by atoms with Crippen LogP contribution in [0.25, 0.3) is 0 Å². The summed E-state index contributed by atoms with van der Waals surface area (Å²) in [5, 5.41) is 10.2. The number of hydrogen-bond donors (Lipinski definition) is 2. The van der Waals surface area contributed by atoms with Gasteiger partial charge in [-0.05, 0) is 38.4 Å². The van der Waals surface area contributed by atoms with E-state index in [-0.39, 0.29) is 11.8 Å². The Morgan fingerprint density at radius 3 is 2.54 bits per heavy atom. The number of hydrogen-bond acceptors (Lipinski definition) is 4. The van der Waals surface area contributed by atoms with Crippen LogP contribution >= 0.6 is 11.6 Å². The van der Waals surface area contributed by atoms with Gasteiger partial charge in [0, 0.05) is 24.0 Å². The van der Waals surface area contributed by atoms with Gasteiger partial charge in [-0.25, -0.2) is 0 Å². The highest BCUT2D eigenvalue weighted by atomic mass is 35.5. The summed E-state index contributed by atoms with van der Waals surface area (Å²) in [6, 6.07) is 6.75. The SMILES string of the molecule is CN(C)CC(=O)Nc1ccc(C(=O)NCCn2cc(Cl)cn2)cc1. The lowest BCUT2D eigenvalue weighted by molar-refractivity contribution is -0.116. The minimum Gasteiger partial charge on any atom is -0.350 e. The first-order valence-corrected chi connectivity index (χ1v) is 7.82. The quantitative estimate of drug-likeness (QED) is 0.793. The summed E-state index contributed by atoms with van der Waals surface area (Å²) in [6.07, 6.45) is 3.24. The zero-order valence-corrected chi connectivity index (χ0v) is 14.4. The van der Waals surface area contributed by atoms with Gasteiger partial charge < -0.3 is 15.5 Å². The van der Waals surface area contributed by atoms with Crippen molar-refractivity contribution in [1.82, 2.24) is 20.0 Å². The molecule has 24 heavy (non-hydrogen) atoms. The molecular weight excluding hydrogens is 330 g/mol. The number of anilines is 1. The molecule has 0 radical (unpaired) electrons. The van der Waals surface area contributed by atoms with Gasteiger partial charge in [0.05, 0.1) is 24.3 Å². The van der Waals surface area contributed by atoms with Gasteiger partial charge in [0.25, 0.3) is 5.91 Å². The van der Waals surface area contributed by atoms with Crippen LogP contribution in [0.5, 0.6) is 0 Å². The van der Waals surface area contributed by atoms with Crippen LogP contribution in [0.3, 0.4) is 0 Å². The summed E-state index contributed by atoms with van der Waals surface area (Å²) >= 11 is 5.77. The Labute approximate surface area is 145 Å². The second-order valence-electron chi connectivity index (χ2n) is 5.54. The number of carbonyl (C=O) groups excluding carboxylic acids is 2. The molecule has 0 saturated heterocycles. The molecule has 2 N–H and O–H groups in total. The number of benzene rings is 1.